The number of benzene rings is 2. The second-order valence-electron chi connectivity index (χ2n) is 4.34. The zero-order valence-corrected chi connectivity index (χ0v) is 12.4. The first-order chi connectivity index (χ1) is 9.60. The molecule has 0 aliphatic heterocycles. The Hall–Kier alpha value is -1.94. The van der Waals surface area contributed by atoms with Crippen LogP contribution in [0.3, 0.4) is 0 Å². The van der Waals surface area contributed by atoms with E-state index in [1.807, 2.05) is 0 Å². The van der Waals surface area contributed by atoms with E-state index in [1.165, 1.54) is 36.4 Å². The second-order valence-corrected chi connectivity index (χ2v) is 7.40. The quantitative estimate of drug-likeness (QED) is 0.690. The highest BCUT2D eigenvalue weighted by Crippen LogP contribution is 2.32. The molecule has 2 aromatic rings. The number of sulfonamides is 2. The maximum Gasteiger partial charge on any atom is 0.238 e. The Bertz CT molecular complexity index is 906. The highest BCUT2D eigenvalue weighted by molar-refractivity contribution is 7.89. The van der Waals surface area contributed by atoms with Gasteiger partial charge in [0.05, 0.1) is 9.79 Å². The largest absolute Gasteiger partial charge is 0.399 e. The van der Waals surface area contributed by atoms with Crippen LogP contribution in [0.15, 0.2) is 52.3 Å². The molecule has 0 saturated carbocycles. The molecule has 0 aliphatic rings. The summed E-state index contributed by atoms with van der Waals surface area (Å²) in [5, 5.41) is 10.3. The van der Waals surface area contributed by atoms with E-state index in [4.69, 9.17) is 16.0 Å². The number of hydrogen-bond acceptors (Lipinski definition) is 5. The molecular formula is C12H13N3O4S2. The predicted molar refractivity (Wildman–Crippen MR) is 79.0 cm³/mol. The summed E-state index contributed by atoms with van der Waals surface area (Å²) in [6.45, 7) is 0. The summed E-state index contributed by atoms with van der Waals surface area (Å²) in [6.07, 6.45) is 0. The van der Waals surface area contributed by atoms with Gasteiger partial charge in [0.25, 0.3) is 0 Å². The van der Waals surface area contributed by atoms with E-state index in [1.54, 1.807) is 6.07 Å². The Balaban J connectivity index is 2.88. The fourth-order valence-corrected chi connectivity index (χ4v) is 3.47. The van der Waals surface area contributed by atoms with Gasteiger partial charge in [0.1, 0.15) is 0 Å². The summed E-state index contributed by atoms with van der Waals surface area (Å²) in [5.41, 5.74) is 6.02. The first kappa shape index (κ1) is 15.4. The maximum atomic E-state index is 11.7. The van der Waals surface area contributed by atoms with Gasteiger partial charge in [-0.1, -0.05) is 24.3 Å². The lowest BCUT2D eigenvalue weighted by atomic mass is 10.1. The third-order valence-electron chi connectivity index (χ3n) is 2.80. The topological polar surface area (TPSA) is 146 Å². The maximum absolute atomic E-state index is 11.7. The number of hydrogen-bond donors (Lipinski definition) is 3. The van der Waals surface area contributed by atoms with Gasteiger partial charge in [-0.25, -0.2) is 27.1 Å². The highest BCUT2D eigenvalue weighted by atomic mass is 32.2. The van der Waals surface area contributed by atoms with E-state index in [2.05, 4.69) is 0 Å². The number of rotatable bonds is 3. The molecule has 0 aliphatic carbocycles. The normalized spacial score (nSPS) is 12.3. The minimum Gasteiger partial charge on any atom is -0.399 e. The van der Waals surface area contributed by atoms with Crippen molar-refractivity contribution in [1.82, 2.24) is 0 Å². The van der Waals surface area contributed by atoms with Crippen molar-refractivity contribution in [2.75, 3.05) is 5.73 Å². The molecule has 0 atom stereocenters. The van der Waals surface area contributed by atoms with E-state index in [9.17, 15) is 16.8 Å². The van der Waals surface area contributed by atoms with Gasteiger partial charge in [0, 0.05) is 16.8 Å². The number of nitrogens with two attached hydrogens (primary N) is 3. The van der Waals surface area contributed by atoms with Gasteiger partial charge >= 0.3 is 0 Å². The number of anilines is 1. The average molecular weight is 327 g/mol. The summed E-state index contributed by atoms with van der Waals surface area (Å²) in [7, 11) is -8.10. The van der Waals surface area contributed by atoms with Crippen molar-refractivity contribution < 1.29 is 16.8 Å². The van der Waals surface area contributed by atoms with Gasteiger partial charge in [-0.3, -0.25) is 0 Å². The van der Waals surface area contributed by atoms with Crippen molar-refractivity contribution in [3.05, 3.63) is 42.5 Å². The minimum absolute atomic E-state index is 0.122. The molecule has 0 radical (unpaired) electrons. The number of nitrogen functional groups attached to an aromatic ring is 1. The van der Waals surface area contributed by atoms with Gasteiger partial charge in [-0.05, 0) is 18.2 Å². The molecule has 9 heteroatoms. The highest BCUT2D eigenvalue weighted by Gasteiger charge is 2.21. The van der Waals surface area contributed by atoms with E-state index >= 15 is 0 Å². The SMILES string of the molecule is Nc1ccc(-c2ccccc2S(N)(=O)=O)c(S(N)(=O)=O)c1. The molecular weight excluding hydrogens is 314 g/mol. The van der Waals surface area contributed by atoms with Crippen LogP contribution in [-0.4, -0.2) is 16.8 Å². The lowest BCUT2D eigenvalue weighted by Gasteiger charge is -2.12. The van der Waals surface area contributed by atoms with Gasteiger partial charge in [0.2, 0.25) is 20.0 Å². The van der Waals surface area contributed by atoms with E-state index in [0.717, 1.165) is 0 Å². The smallest absolute Gasteiger partial charge is 0.238 e. The van der Waals surface area contributed by atoms with Gasteiger partial charge in [-0.15, -0.1) is 0 Å². The van der Waals surface area contributed by atoms with Crippen molar-refractivity contribution in [3.63, 3.8) is 0 Å². The van der Waals surface area contributed by atoms with Crippen LogP contribution in [0.25, 0.3) is 11.1 Å². The second kappa shape index (κ2) is 5.11. The van der Waals surface area contributed by atoms with Gasteiger partial charge in [-0.2, -0.15) is 0 Å². The third-order valence-corrected chi connectivity index (χ3v) is 4.72. The van der Waals surface area contributed by atoms with Crippen LogP contribution in [0.1, 0.15) is 0 Å². The molecule has 6 N–H and O–H groups in total. The predicted octanol–water partition coefficient (Wildman–Crippen LogP) is 0.231. The summed E-state index contributed by atoms with van der Waals surface area (Å²) in [5.74, 6) is 0. The molecule has 0 fully saturated rings. The van der Waals surface area contributed by atoms with Crippen LogP contribution in [-0.2, 0) is 20.0 Å². The molecule has 2 rings (SSSR count). The summed E-state index contributed by atoms with van der Waals surface area (Å²) in [4.78, 5) is -0.460. The Kier molecular flexibility index (Phi) is 3.76. The van der Waals surface area contributed by atoms with E-state index in [0.29, 0.717) is 0 Å². The zero-order chi connectivity index (χ0) is 15.8. The first-order valence-corrected chi connectivity index (χ1v) is 8.74. The molecule has 0 unspecified atom stereocenters. The summed E-state index contributed by atoms with van der Waals surface area (Å²) in [6, 6.07) is 9.78. The monoisotopic (exact) mass is 327 g/mol. The van der Waals surface area contributed by atoms with E-state index < -0.39 is 20.0 Å². The third kappa shape index (κ3) is 3.22. The molecule has 21 heavy (non-hydrogen) atoms. The van der Waals surface area contributed by atoms with Crippen molar-refractivity contribution in [1.29, 1.82) is 0 Å². The van der Waals surface area contributed by atoms with E-state index in [-0.39, 0.29) is 26.6 Å². The molecule has 0 heterocycles. The molecule has 7 nitrogen and oxygen atoms in total. The molecule has 2 aromatic carbocycles. The van der Waals surface area contributed by atoms with Crippen LogP contribution in [0.2, 0.25) is 0 Å². The number of primary sulfonamides is 2. The van der Waals surface area contributed by atoms with Crippen LogP contribution < -0.4 is 16.0 Å². The summed E-state index contributed by atoms with van der Waals surface area (Å²) < 4.78 is 46.6. The molecule has 0 saturated heterocycles. The van der Waals surface area contributed by atoms with Crippen LogP contribution in [0, 0.1) is 0 Å². The fourth-order valence-electron chi connectivity index (χ4n) is 1.93. The van der Waals surface area contributed by atoms with Crippen LogP contribution >= 0.6 is 0 Å². The van der Waals surface area contributed by atoms with Crippen LogP contribution in [0.4, 0.5) is 5.69 Å². The Morgan fingerprint density at radius 3 is 1.81 bits per heavy atom. The average Bonchev–Trinajstić information content (AvgIpc) is 2.36. The van der Waals surface area contributed by atoms with Crippen molar-refractivity contribution in [3.8, 4) is 11.1 Å². The van der Waals surface area contributed by atoms with Crippen molar-refractivity contribution in [2.24, 2.45) is 10.3 Å². The Labute approximate surface area is 122 Å². The first-order valence-electron chi connectivity index (χ1n) is 5.65. The van der Waals surface area contributed by atoms with Gasteiger partial charge in [0.15, 0.2) is 0 Å². The Morgan fingerprint density at radius 1 is 0.714 bits per heavy atom. The lowest BCUT2D eigenvalue weighted by Crippen LogP contribution is -2.16. The molecule has 0 spiro atoms. The molecule has 0 bridgehead atoms. The standard InChI is InChI=1S/C12H13N3O4S2/c13-8-5-6-10(12(7-8)21(15,18)19)9-3-1-2-4-11(9)20(14,16)17/h1-7H,13H2,(H2,14,16,17)(H2,15,18,19). The zero-order valence-electron chi connectivity index (χ0n) is 10.7. The van der Waals surface area contributed by atoms with Crippen molar-refractivity contribution in [2.45, 2.75) is 9.79 Å². The van der Waals surface area contributed by atoms with Crippen molar-refractivity contribution >= 4 is 25.7 Å². The van der Waals surface area contributed by atoms with Crippen LogP contribution in [0.5, 0.6) is 0 Å². The summed E-state index contributed by atoms with van der Waals surface area (Å²) >= 11 is 0. The molecule has 0 amide bonds. The fraction of sp³-hybridized carbons (Fsp3) is 0. The Morgan fingerprint density at radius 2 is 1.24 bits per heavy atom. The molecule has 0 aromatic heterocycles. The minimum atomic E-state index is -4.08. The molecule has 112 valence electrons. The van der Waals surface area contributed by atoms with Gasteiger partial charge < -0.3 is 5.73 Å². The lowest BCUT2D eigenvalue weighted by molar-refractivity contribution is 0.595.